The second-order valence-electron chi connectivity index (χ2n) is 4.90. The molecule has 4 heteroatoms. The maximum absolute atomic E-state index is 11.6. The van der Waals surface area contributed by atoms with Gasteiger partial charge in [0.05, 0.1) is 6.04 Å². The predicted molar refractivity (Wildman–Crippen MR) is 64.3 cm³/mol. The van der Waals surface area contributed by atoms with Gasteiger partial charge in [-0.15, -0.1) is 0 Å². The average molecular weight is 225 g/mol. The van der Waals surface area contributed by atoms with Crippen molar-refractivity contribution in [3.8, 4) is 0 Å². The number of carbonyl (C=O) groups excluding carboxylic acids is 1. The molecule has 2 aliphatic rings. The molecule has 2 unspecified atom stereocenters. The lowest BCUT2D eigenvalue weighted by molar-refractivity contribution is -0.123. The van der Waals surface area contributed by atoms with Crippen LogP contribution in [0.4, 0.5) is 0 Å². The molecular weight excluding hydrogens is 202 g/mol. The lowest BCUT2D eigenvalue weighted by Gasteiger charge is -2.32. The van der Waals surface area contributed by atoms with E-state index in [-0.39, 0.29) is 11.9 Å². The van der Waals surface area contributed by atoms with Crippen molar-refractivity contribution in [3.05, 3.63) is 0 Å². The molecule has 92 valence electrons. The number of likely N-dealkylation sites (N-methyl/N-ethyl adjacent to an activating group) is 1. The van der Waals surface area contributed by atoms with Gasteiger partial charge in [0.15, 0.2) is 0 Å². The van der Waals surface area contributed by atoms with E-state index in [4.69, 9.17) is 0 Å². The van der Waals surface area contributed by atoms with Gasteiger partial charge in [0, 0.05) is 13.1 Å². The average Bonchev–Trinajstić information content (AvgIpc) is 2.74. The number of rotatable bonds is 4. The van der Waals surface area contributed by atoms with Crippen LogP contribution in [-0.2, 0) is 4.79 Å². The first-order chi connectivity index (χ1) is 7.81. The Balaban J connectivity index is 1.86. The van der Waals surface area contributed by atoms with Crippen LogP contribution in [0.15, 0.2) is 0 Å². The van der Waals surface area contributed by atoms with Gasteiger partial charge in [0.2, 0.25) is 5.91 Å². The highest BCUT2D eigenvalue weighted by molar-refractivity contribution is 5.83. The highest BCUT2D eigenvalue weighted by atomic mass is 16.2. The number of piperidine rings is 1. The summed E-state index contributed by atoms with van der Waals surface area (Å²) in [6.45, 7) is 7.33. The maximum atomic E-state index is 11.6. The van der Waals surface area contributed by atoms with Crippen LogP contribution in [0.2, 0.25) is 0 Å². The third-order valence-corrected chi connectivity index (χ3v) is 3.76. The summed E-state index contributed by atoms with van der Waals surface area (Å²) >= 11 is 0. The largest absolute Gasteiger partial charge is 0.355 e. The molecule has 2 fully saturated rings. The Bertz CT molecular complexity index is 238. The fraction of sp³-hybridized carbons (Fsp3) is 0.917. The van der Waals surface area contributed by atoms with Crippen LogP contribution in [0.25, 0.3) is 0 Å². The molecule has 2 aliphatic heterocycles. The van der Waals surface area contributed by atoms with Gasteiger partial charge in [-0.05, 0) is 44.8 Å². The molecule has 2 N–H and O–H groups in total. The molecule has 0 radical (unpaired) electrons. The number of carbonyl (C=O) groups is 1. The molecule has 0 spiro atoms. The summed E-state index contributed by atoms with van der Waals surface area (Å²) in [6, 6.07) is 0.131. The van der Waals surface area contributed by atoms with E-state index in [0.29, 0.717) is 0 Å². The number of nitrogens with one attached hydrogen (secondary N) is 2. The molecule has 0 aromatic rings. The van der Waals surface area contributed by atoms with Crippen LogP contribution >= 0.6 is 0 Å². The molecule has 0 aromatic heterocycles. The van der Waals surface area contributed by atoms with Gasteiger partial charge >= 0.3 is 0 Å². The first kappa shape index (κ1) is 11.9. The molecule has 2 saturated heterocycles. The Hall–Kier alpha value is -0.610. The number of nitrogens with zero attached hydrogens (tertiary/aromatic N) is 1. The van der Waals surface area contributed by atoms with Crippen LogP contribution < -0.4 is 10.6 Å². The first-order valence-electron chi connectivity index (χ1n) is 6.53. The van der Waals surface area contributed by atoms with Gasteiger partial charge in [-0.2, -0.15) is 0 Å². The molecule has 0 saturated carbocycles. The zero-order valence-corrected chi connectivity index (χ0v) is 10.2. The van der Waals surface area contributed by atoms with E-state index < -0.39 is 0 Å². The topological polar surface area (TPSA) is 44.4 Å². The lowest BCUT2D eigenvalue weighted by atomic mass is 9.98. The minimum Gasteiger partial charge on any atom is -0.355 e. The zero-order chi connectivity index (χ0) is 11.4. The van der Waals surface area contributed by atoms with E-state index in [1.807, 2.05) is 0 Å². The fourth-order valence-corrected chi connectivity index (χ4v) is 2.82. The smallest absolute Gasteiger partial charge is 0.237 e. The van der Waals surface area contributed by atoms with E-state index in [9.17, 15) is 4.79 Å². The van der Waals surface area contributed by atoms with E-state index in [1.54, 1.807) is 0 Å². The summed E-state index contributed by atoms with van der Waals surface area (Å²) in [5.74, 6) is 0.952. The summed E-state index contributed by atoms with van der Waals surface area (Å²) in [7, 11) is 0. The van der Waals surface area contributed by atoms with Gasteiger partial charge in [-0.3, -0.25) is 9.69 Å². The third kappa shape index (κ3) is 2.74. The van der Waals surface area contributed by atoms with Crippen LogP contribution in [0.5, 0.6) is 0 Å². The monoisotopic (exact) mass is 225 g/mol. The van der Waals surface area contributed by atoms with Gasteiger partial charge in [-0.25, -0.2) is 0 Å². The van der Waals surface area contributed by atoms with Crippen molar-refractivity contribution in [2.75, 3.05) is 32.7 Å². The number of hydrogen-bond acceptors (Lipinski definition) is 3. The Labute approximate surface area is 97.8 Å². The third-order valence-electron chi connectivity index (χ3n) is 3.76. The molecule has 2 atom stereocenters. The van der Waals surface area contributed by atoms with Crippen molar-refractivity contribution in [1.82, 2.24) is 15.5 Å². The minimum absolute atomic E-state index is 0.131. The Kier molecular flexibility index (Phi) is 4.18. The summed E-state index contributed by atoms with van der Waals surface area (Å²) in [4.78, 5) is 14.0. The number of hydrogen-bond donors (Lipinski definition) is 2. The summed E-state index contributed by atoms with van der Waals surface area (Å²) in [5.41, 5.74) is 0. The predicted octanol–water partition coefficient (Wildman–Crippen LogP) is 0.196. The Morgan fingerprint density at radius 2 is 2.25 bits per heavy atom. The zero-order valence-electron chi connectivity index (χ0n) is 10.2. The molecule has 0 aromatic carbocycles. The Morgan fingerprint density at radius 3 is 2.81 bits per heavy atom. The van der Waals surface area contributed by atoms with Gasteiger partial charge in [-0.1, -0.05) is 6.92 Å². The van der Waals surface area contributed by atoms with Crippen LogP contribution in [0, 0.1) is 5.92 Å². The first-order valence-corrected chi connectivity index (χ1v) is 6.53. The molecule has 4 nitrogen and oxygen atoms in total. The second kappa shape index (κ2) is 5.64. The van der Waals surface area contributed by atoms with Crippen molar-refractivity contribution in [3.63, 3.8) is 0 Å². The fourth-order valence-electron chi connectivity index (χ4n) is 2.82. The van der Waals surface area contributed by atoms with E-state index in [1.165, 1.54) is 12.8 Å². The van der Waals surface area contributed by atoms with Gasteiger partial charge in [0.25, 0.3) is 0 Å². The summed E-state index contributed by atoms with van der Waals surface area (Å²) < 4.78 is 0. The second-order valence-corrected chi connectivity index (χ2v) is 4.90. The summed E-state index contributed by atoms with van der Waals surface area (Å²) in [6.07, 6.45) is 3.56. The lowest BCUT2D eigenvalue weighted by Crippen LogP contribution is -2.45. The minimum atomic E-state index is 0.131. The highest BCUT2D eigenvalue weighted by Crippen LogP contribution is 2.16. The molecule has 2 rings (SSSR count). The van der Waals surface area contributed by atoms with E-state index in [2.05, 4.69) is 22.5 Å². The molecular formula is C12H23N3O. The quantitative estimate of drug-likeness (QED) is 0.718. The molecule has 0 aliphatic carbocycles. The standard InChI is InChI=1S/C12H23N3O/c1-2-15(11-5-7-14-12(11)16)9-10-4-3-6-13-8-10/h10-11,13H,2-9H2,1H3,(H,14,16). The molecule has 16 heavy (non-hydrogen) atoms. The van der Waals surface area contributed by atoms with Crippen molar-refractivity contribution in [2.24, 2.45) is 5.92 Å². The maximum Gasteiger partial charge on any atom is 0.237 e. The van der Waals surface area contributed by atoms with Crippen molar-refractivity contribution >= 4 is 5.91 Å². The highest BCUT2D eigenvalue weighted by Gasteiger charge is 2.30. The SMILES string of the molecule is CCN(CC1CCCNC1)C1CCNC1=O. The summed E-state index contributed by atoms with van der Waals surface area (Å²) in [5, 5.41) is 6.36. The van der Waals surface area contributed by atoms with E-state index in [0.717, 1.165) is 45.1 Å². The Morgan fingerprint density at radius 1 is 1.38 bits per heavy atom. The van der Waals surface area contributed by atoms with Crippen molar-refractivity contribution in [2.45, 2.75) is 32.2 Å². The van der Waals surface area contributed by atoms with Crippen molar-refractivity contribution in [1.29, 1.82) is 0 Å². The molecule has 1 amide bonds. The van der Waals surface area contributed by atoms with Gasteiger partial charge < -0.3 is 10.6 Å². The van der Waals surface area contributed by atoms with E-state index >= 15 is 0 Å². The normalized spacial score (nSPS) is 30.8. The van der Waals surface area contributed by atoms with Gasteiger partial charge in [0.1, 0.15) is 0 Å². The molecule has 2 heterocycles. The van der Waals surface area contributed by atoms with Crippen molar-refractivity contribution < 1.29 is 4.79 Å². The number of amides is 1. The van der Waals surface area contributed by atoms with Crippen LogP contribution in [-0.4, -0.2) is 49.6 Å². The van der Waals surface area contributed by atoms with Crippen LogP contribution in [0.3, 0.4) is 0 Å². The molecule has 0 bridgehead atoms. The van der Waals surface area contributed by atoms with Crippen LogP contribution in [0.1, 0.15) is 26.2 Å².